The van der Waals surface area contributed by atoms with Crippen molar-refractivity contribution in [1.29, 1.82) is 0 Å². The van der Waals surface area contributed by atoms with E-state index in [0.717, 1.165) is 0 Å². The van der Waals surface area contributed by atoms with Crippen molar-refractivity contribution in [2.75, 3.05) is 19.7 Å². The van der Waals surface area contributed by atoms with Crippen molar-refractivity contribution in [3.63, 3.8) is 0 Å². The van der Waals surface area contributed by atoms with E-state index in [1.54, 1.807) is 11.8 Å². The van der Waals surface area contributed by atoms with Gasteiger partial charge in [0.2, 0.25) is 0 Å². The van der Waals surface area contributed by atoms with E-state index in [9.17, 15) is 4.79 Å². The van der Waals surface area contributed by atoms with E-state index in [0.29, 0.717) is 19.7 Å². The van der Waals surface area contributed by atoms with Gasteiger partial charge in [0, 0.05) is 34.2 Å². The van der Waals surface area contributed by atoms with Crippen LogP contribution in [0.1, 0.15) is 6.92 Å². The van der Waals surface area contributed by atoms with Gasteiger partial charge in [-0.1, -0.05) is 0 Å². The molecular formula is C15H17MoNO4. The van der Waals surface area contributed by atoms with E-state index >= 15 is 0 Å². The standard InChI is InChI=1S/C8H12NO2.C5H5.2CO.Mo/c1-2-11-8(10)9-6-4-3-5-7-9;1-2-4-5-3-1;2*1-2;/h3-5H,2,6-7H2,1H3;1-5H;;;. The Kier molecular flexibility index (Phi) is 26.3. The maximum Gasteiger partial charge on any atom is 0 e. The number of rotatable bonds is 1. The maximum absolute atomic E-state index is 11.0. The molecule has 0 atom stereocenters. The van der Waals surface area contributed by atoms with Crippen LogP contribution in [0.15, 0.2) is 0 Å². The van der Waals surface area contributed by atoms with Crippen molar-refractivity contribution < 1.29 is 39.9 Å². The van der Waals surface area contributed by atoms with Gasteiger partial charge in [0.15, 0.2) is 0 Å². The van der Waals surface area contributed by atoms with Gasteiger partial charge in [-0.2, -0.15) is 0 Å². The summed E-state index contributed by atoms with van der Waals surface area (Å²) in [4.78, 5) is 12.7. The molecule has 1 saturated carbocycles. The van der Waals surface area contributed by atoms with Crippen LogP contribution in [-0.2, 0) is 35.1 Å². The molecule has 1 amide bonds. The van der Waals surface area contributed by atoms with Crippen LogP contribution in [0.3, 0.4) is 0 Å². The first kappa shape index (κ1) is 25.4. The van der Waals surface area contributed by atoms with E-state index in [-0.39, 0.29) is 27.2 Å². The third-order valence-corrected chi connectivity index (χ3v) is 2.01. The van der Waals surface area contributed by atoms with E-state index in [4.69, 9.17) is 14.0 Å². The molecule has 2 fully saturated rings. The molecule has 1 heterocycles. The SMILES string of the molecule is CCOC(=O)N1C[CH][CH][CH]C1.[C-]#[O+].[C-]#[O+].[CH]1[CH][CH][CH][CH]1.[Mo]. The minimum atomic E-state index is -0.229. The Bertz CT molecular complexity index is 245. The smallest absolute Gasteiger partial charge is 0 e. The minimum Gasteiger partial charge on any atom is -0.0312 e. The molecule has 1 aliphatic carbocycles. The van der Waals surface area contributed by atoms with E-state index in [2.05, 4.69) is 13.3 Å². The Morgan fingerprint density at radius 3 is 1.71 bits per heavy atom. The fourth-order valence-corrected chi connectivity index (χ4v) is 1.23. The molecule has 0 aromatic rings. The number of amides is 1. The number of carbonyl (C=O) groups is 1. The average Bonchev–Trinajstić information content (AvgIpc) is 3.12. The minimum absolute atomic E-state index is 0. The van der Waals surface area contributed by atoms with Gasteiger partial charge in [0.05, 0.1) is 6.61 Å². The van der Waals surface area contributed by atoms with Crippen LogP contribution in [-0.4, -0.2) is 30.7 Å². The summed E-state index contributed by atoms with van der Waals surface area (Å²) >= 11 is 0. The molecule has 0 N–H and O–H groups in total. The quantitative estimate of drug-likeness (QED) is 0.402. The summed E-state index contributed by atoms with van der Waals surface area (Å²) in [6.45, 7) is 12.6. The Labute approximate surface area is 142 Å². The molecule has 0 unspecified atom stereocenters. The number of nitrogens with zero attached hydrogens (tertiary/aromatic N) is 1. The summed E-state index contributed by atoms with van der Waals surface area (Å²) < 4.78 is 19.8. The summed E-state index contributed by atoms with van der Waals surface area (Å²) in [5.41, 5.74) is 0. The second kappa shape index (κ2) is 21.7. The second-order valence-electron chi connectivity index (χ2n) is 3.23. The molecule has 0 bridgehead atoms. The number of hydrogen-bond donors (Lipinski definition) is 0. The zero-order chi connectivity index (χ0) is 15.6. The Balaban J connectivity index is -0.000000273. The fraction of sp³-hybridized carbons (Fsp3) is 0.267. The average molecular weight is 371 g/mol. The van der Waals surface area contributed by atoms with Crippen molar-refractivity contribution in [2.45, 2.75) is 6.92 Å². The van der Waals surface area contributed by atoms with Gasteiger partial charge in [0.1, 0.15) is 0 Å². The monoisotopic (exact) mass is 373 g/mol. The van der Waals surface area contributed by atoms with Crippen molar-refractivity contribution in [3.05, 3.63) is 64.7 Å². The first-order valence-corrected chi connectivity index (χ1v) is 5.82. The molecule has 112 valence electrons. The van der Waals surface area contributed by atoms with Crippen molar-refractivity contribution in [3.8, 4) is 0 Å². The molecule has 0 aromatic carbocycles. The van der Waals surface area contributed by atoms with Crippen molar-refractivity contribution in [2.24, 2.45) is 0 Å². The van der Waals surface area contributed by atoms with E-state index in [1.165, 1.54) is 0 Å². The predicted octanol–water partition coefficient (Wildman–Crippen LogP) is 2.02. The zero-order valence-corrected chi connectivity index (χ0v) is 13.7. The predicted molar refractivity (Wildman–Crippen MR) is 70.9 cm³/mol. The molecule has 21 heavy (non-hydrogen) atoms. The summed E-state index contributed by atoms with van der Waals surface area (Å²) in [7, 11) is 0. The molecule has 2 rings (SSSR count). The van der Waals surface area contributed by atoms with Gasteiger partial charge in [-0.3, -0.25) is 0 Å². The summed E-state index contributed by atoms with van der Waals surface area (Å²) in [5.74, 6) is 0. The Morgan fingerprint density at radius 2 is 1.38 bits per heavy atom. The van der Waals surface area contributed by atoms with Crippen LogP contribution < -0.4 is 0 Å². The molecule has 0 aromatic heterocycles. The van der Waals surface area contributed by atoms with Crippen LogP contribution >= 0.6 is 0 Å². The van der Waals surface area contributed by atoms with Crippen LogP contribution in [0.5, 0.6) is 0 Å². The fourth-order valence-electron chi connectivity index (χ4n) is 1.23. The number of ether oxygens (including phenoxy) is 1. The van der Waals surface area contributed by atoms with Gasteiger partial charge >= 0.3 is 28.7 Å². The first-order valence-electron chi connectivity index (χ1n) is 5.82. The molecule has 2 aliphatic rings. The van der Waals surface area contributed by atoms with Crippen LogP contribution in [0.2, 0.25) is 0 Å². The van der Waals surface area contributed by atoms with Crippen LogP contribution in [0, 0.1) is 64.7 Å². The number of piperidine rings is 1. The molecule has 6 heteroatoms. The second-order valence-corrected chi connectivity index (χ2v) is 3.23. The third kappa shape index (κ3) is 15.6. The molecule has 1 saturated heterocycles. The molecule has 5 nitrogen and oxygen atoms in total. The number of likely N-dealkylation sites (tertiary alicyclic amines) is 1. The van der Waals surface area contributed by atoms with Gasteiger partial charge in [0.25, 0.3) is 0 Å². The van der Waals surface area contributed by atoms with Crippen molar-refractivity contribution in [1.82, 2.24) is 4.90 Å². The van der Waals surface area contributed by atoms with Gasteiger partial charge < -0.3 is 9.64 Å². The molecule has 8 radical (unpaired) electrons. The summed E-state index contributed by atoms with van der Waals surface area (Å²) in [5, 5.41) is 0. The maximum atomic E-state index is 11.0. The Hall–Kier alpha value is -0.562. The number of carbonyl (C=O) groups excluding carboxylic acids is 1. The summed E-state index contributed by atoms with van der Waals surface area (Å²) in [6.07, 6.45) is 15.6. The van der Waals surface area contributed by atoms with E-state index < -0.39 is 0 Å². The first-order chi connectivity index (χ1) is 9.84. The zero-order valence-electron chi connectivity index (χ0n) is 11.7. The van der Waals surface area contributed by atoms with Crippen LogP contribution in [0.4, 0.5) is 4.79 Å². The van der Waals surface area contributed by atoms with E-state index in [1.807, 2.05) is 51.4 Å². The largest absolute Gasteiger partial charge is 0.0312 e. The summed E-state index contributed by atoms with van der Waals surface area (Å²) in [6, 6.07) is 0. The van der Waals surface area contributed by atoms with Crippen molar-refractivity contribution >= 4 is 6.09 Å². The normalized spacial score (nSPS) is 15.4. The number of hydrogen-bond acceptors (Lipinski definition) is 2. The Morgan fingerprint density at radius 1 is 1.00 bits per heavy atom. The molecule has 0 spiro atoms. The van der Waals surface area contributed by atoms with Gasteiger partial charge in [-0.05, 0) is 58.3 Å². The van der Waals surface area contributed by atoms with Crippen LogP contribution in [0.25, 0.3) is 0 Å². The topological polar surface area (TPSA) is 69.3 Å². The molecule has 1 aliphatic heterocycles. The van der Waals surface area contributed by atoms with Gasteiger partial charge in [-0.15, -0.1) is 0 Å². The third-order valence-electron chi connectivity index (χ3n) is 2.01. The van der Waals surface area contributed by atoms with Gasteiger partial charge in [-0.25, -0.2) is 4.79 Å². The molecular weight excluding hydrogens is 354 g/mol.